The lowest BCUT2D eigenvalue weighted by Gasteiger charge is -2.36. The zero-order valence-electron chi connectivity index (χ0n) is 22.6. The molecule has 2 saturated carbocycles. The van der Waals surface area contributed by atoms with Crippen LogP contribution in [0.1, 0.15) is 50.5 Å². The maximum atomic E-state index is 14.4. The van der Waals surface area contributed by atoms with E-state index in [1.54, 1.807) is 17.0 Å². The van der Waals surface area contributed by atoms with Crippen molar-refractivity contribution in [2.24, 2.45) is 0 Å². The number of halogens is 5. The summed E-state index contributed by atoms with van der Waals surface area (Å²) in [6.45, 7) is -1.37. The number of amides is 1. The highest BCUT2D eigenvalue weighted by molar-refractivity contribution is 7.92. The van der Waals surface area contributed by atoms with Gasteiger partial charge in [0.1, 0.15) is 11.3 Å². The molecule has 1 aliphatic heterocycles. The number of nitrogens with one attached hydrogen (secondary N) is 1. The van der Waals surface area contributed by atoms with Gasteiger partial charge in [-0.3, -0.25) is 10.1 Å². The number of carbonyl (C=O) groups is 1. The summed E-state index contributed by atoms with van der Waals surface area (Å²) in [6, 6.07) is 12.3. The van der Waals surface area contributed by atoms with Gasteiger partial charge in [-0.25, -0.2) is 8.42 Å². The molecular weight excluding hydrogens is 614 g/mol. The van der Waals surface area contributed by atoms with Gasteiger partial charge in [-0.05, 0) is 61.9 Å². The molecule has 2 unspecified atom stereocenters. The number of carbonyl (C=O) groups excluding carboxylic acids is 1. The van der Waals surface area contributed by atoms with Crippen LogP contribution >= 0.6 is 23.2 Å². The van der Waals surface area contributed by atoms with E-state index in [9.17, 15) is 31.6 Å². The number of hydrogen-bond donors (Lipinski definition) is 1. The Balaban J connectivity index is 1.43. The molecule has 2 aliphatic carbocycles. The first-order valence-corrected chi connectivity index (χ1v) is 16.1. The zero-order valence-corrected chi connectivity index (χ0v) is 24.9. The molecule has 0 bridgehead atoms. The van der Waals surface area contributed by atoms with E-state index in [0.29, 0.717) is 30.7 Å². The summed E-state index contributed by atoms with van der Waals surface area (Å²) < 4.78 is 70.1. The van der Waals surface area contributed by atoms with E-state index in [4.69, 9.17) is 27.9 Å². The van der Waals surface area contributed by atoms with Gasteiger partial charge >= 0.3 is 6.18 Å². The molecule has 2 aromatic rings. The normalized spacial score (nSPS) is 23.0. The maximum Gasteiger partial charge on any atom is 0.422 e. The lowest BCUT2D eigenvalue weighted by atomic mass is 9.77. The van der Waals surface area contributed by atoms with E-state index in [-0.39, 0.29) is 41.1 Å². The first-order chi connectivity index (χ1) is 19.8. The van der Waals surface area contributed by atoms with Crippen LogP contribution in [0.3, 0.4) is 0 Å². The predicted octanol–water partition coefficient (Wildman–Crippen LogP) is 5.84. The van der Waals surface area contributed by atoms with Crippen LogP contribution in [0.5, 0.6) is 5.75 Å². The van der Waals surface area contributed by atoms with Gasteiger partial charge < -0.3 is 9.64 Å². The molecule has 3 aliphatic rings. The molecule has 3 fully saturated rings. The molecule has 0 radical (unpaired) electrons. The van der Waals surface area contributed by atoms with Crippen molar-refractivity contribution < 1.29 is 31.1 Å². The minimum Gasteiger partial charge on any atom is -0.484 e. The Morgan fingerprint density at radius 1 is 1.10 bits per heavy atom. The molecular formula is C29H30Cl2F3N3O4S. The minimum atomic E-state index is -4.56. The quantitative estimate of drug-likeness (QED) is 0.369. The van der Waals surface area contributed by atoms with E-state index in [1.165, 1.54) is 0 Å². The number of ether oxygens (including phenoxy) is 1. The minimum absolute atomic E-state index is 0.0783. The van der Waals surface area contributed by atoms with Gasteiger partial charge in [-0.2, -0.15) is 18.4 Å². The van der Waals surface area contributed by atoms with Gasteiger partial charge in [-0.15, -0.1) is 0 Å². The number of likely N-dealkylation sites (tertiary alicyclic amines) is 1. The van der Waals surface area contributed by atoms with Crippen LogP contribution in [-0.2, 0) is 20.0 Å². The fourth-order valence-corrected chi connectivity index (χ4v) is 8.50. The molecule has 13 heteroatoms. The molecule has 226 valence electrons. The second-order valence-corrected chi connectivity index (χ2v) is 14.4. The highest BCUT2D eigenvalue weighted by Gasteiger charge is 2.52. The number of alkyl halides is 3. The summed E-state index contributed by atoms with van der Waals surface area (Å²) in [6.07, 6.45) is -0.150. The second kappa shape index (κ2) is 11.5. The van der Waals surface area contributed by atoms with E-state index in [2.05, 4.69) is 11.4 Å². The van der Waals surface area contributed by atoms with E-state index in [0.717, 1.165) is 36.6 Å². The first kappa shape index (κ1) is 30.9. The van der Waals surface area contributed by atoms with Gasteiger partial charge in [0.2, 0.25) is 5.91 Å². The van der Waals surface area contributed by atoms with Crippen molar-refractivity contribution in [2.75, 3.05) is 19.7 Å². The molecule has 1 saturated heterocycles. The van der Waals surface area contributed by atoms with Crippen molar-refractivity contribution in [3.05, 3.63) is 58.1 Å². The second-order valence-electron chi connectivity index (χ2n) is 11.4. The smallest absolute Gasteiger partial charge is 0.422 e. The lowest BCUT2D eigenvalue weighted by molar-refractivity contribution is -0.153. The van der Waals surface area contributed by atoms with Crippen LogP contribution in [0.2, 0.25) is 10.0 Å². The van der Waals surface area contributed by atoms with Gasteiger partial charge in [-0.1, -0.05) is 48.2 Å². The number of nitrogens with zero attached hydrogens (tertiary/aromatic N) is 2. The monoisotopic (exact) mass is 643 g/mol. The number of rotatable bonds is 9. The molecule has 1 amide bonds. The lowest BCUT2D eigenvalue weighted by Crippen LogP contribution is -2.51. The van der Waals surface area contributed by atoms with Crippen molar-refractivity contribution in [2.45, 2.75) is 78.3 Å². The summed E-state index contributed by atoms with van der Waals surface area (Å²) in [7, 11) is -4.10. The number of hydrogen-bond acceptors (Lipinski definition) is 6. The summed E-state index contributed by atoms with van der Waals surface area (Å²) in [5.41, 5.74) is -0.647. The fraction of sp³-hybridized carbons (Fsp3) is 0.517. The number of nitriles is 1. The molecule has 42 heavy (non-hydrogen) atoms. The molecule has 2 atom stereocenters. The third kappa shape index (κ3) is 6.23. The number of benzene rings is 2. The summed E-state index contributed by atoms with van der Waals surface area (Å²) in [5.74, 6) is -0.366. The largest absolute Gasteiger partial charge is 0.484 e. The van der Waals surface area contributed by atoms with Crippen LogP contribution in [0.4, 0.5) is 13.2 Å². The first-order valence-electron chi connectivity index (χ1n) is 13.8. The van der Waals surface area contributed by atoms with Crippen molar-refractivity contribution >= 4 is 38.9 Å². The Morgan fingerprint density at radius 3 is 2.33 bits per heavy atom. The Labute approximate surface area is 252 Å². The van der Waals surface area contributed by atoms with Crippen LogP contribution in [-0.4, -0.2) is 61.9 Å². The Morgan fingerprint density at radius 2 is 1.76 bits per heavy atom. The molecule has 0 aromatic heterocycles. The van der Waals surface area contributed by atoms with Gasteiger partial charge in [0, 0.05) is 30.2 Å². The van der Waals surface area contributed by atoms with Gasteiger partial charge in [0.15, 0.2) is 16.4 Å². The molecule has 1 N–H and O–H groups in total. The third-order valence-corrected chi connectivity index (χ3v) is 11.5. The molecule has 0 spiro atoms. The highest BCUT2D eigenvalue weighted by Crippen LogP contribution is 2.45. The summed E-state index contributed by atoms with van der Waals surface area (Å²) in [4.78, 5) is 15.8. The van der Waals surface area contributed by atoms with Gasteiger partial charge in [0.25, 0.3) is 0 Å². The van der Waals surface area contributed by atoms with Crippen LogP contribution in [0, 0.1) is 11.3 Å². The topological polar surface area (TPSA) is 99.5 Å². The SMILES string of the molecule is N#CC1(NCC2CC(S(=O)(=O)c3ccc(OCC(F)(F)F)cc3Cl)CN2C(=O)C2(c3ccc(Cl)cc3)CCCC2)CC1. The van der Waals surface area contributed by atoms with E-state index < -0.39 is 44.9 Å². The fourth-order valence-electron chi connectivity index (χ4n) is 6.10. The molecule has 7 nitrogen and oxygen atoms in total. The predicted molar refractivity (Wildman–Crippen MR) is 151 cm³/mol. The van der Waals surface area contributed by atoms with Gasteiger partial charge in [0.05, 0.1) is 26.7 Å². The molecule has 1 heterocycles. The van der Waals surface area contributed by atoms with Crippen molar-refractivity contribution in [3.63, 3.8) is 0 Å². The van der Waals surface area contributed by atoms with Crippen molar-refractivity contribution in [1.29, 1.82) is 5.26 Å². The van der Waals surface area contributed by atoms with Crippen molar-refractivity contribution in [3.8, 4) is 11.8 Å². The Bertz CT molecular complexity index is 1480. The maximum absolute atomic E-state index is 14.4. The Kier molecular flexibility index (Phi) is 8.49. The Hall–Kier alpha value is -2.52. The average molecular weight is 645 g/mol. The van der Waals surface area contributed by atoms with Crippen LogP contribution in [0.25, 0.3) is 0 Å². The van der Waals surface area contributed by atoms with Crippen LogP contribution in [0.15, 0.2) is 47.4 Å². The van der Waals surface area contributed by atoms with Crippen molar-refractivity contribution in [1.82, 2.24) is 10.2 Å². The molecule has 5 rings (SSSR count). The summed E-state index contributed by atoms with van der Waals surface area (Å²) in [5, 5.41) is 12.1. The third-order valence-electron chi connectivity index (χ3n) is 8.59. The summed E-state index contributed by atoms with van der Waals surface area (Å²) >= 11 is 12.4. The van der Waals surface area contributed by atoms with E-state index in [1.807, 2.05) is 12.1 Å². The zero-order chi connectivity index (χ0) is 30.3. The van der Waals surface area contributed by atoms with E-state index >= 15 is 0 Å². The van der Waals surface area contributed by atoms with Crippen LogP contribution < -0.4 is 10.1 Å². The molecule has 2 aromatic carbocycles. The number of sulfone groups is 1. The average Bonchev–Trinajstić information content (AvgIpc) is 3.33. The standard InChI is InChI=1S/C29H30Cl2F3N3O4S/c30-20-5-3-19(4-6-20)28(9-1-2-10-28)26(38)37-16-23(13-21(37)15-36-27(17-35)11-12-27)42(39,40)25-8-7-22(14-24(25)31)41-18-29(32,33)34/h3-8,14,21,23,36H,1-2,9-13,15-16,18H2. The highest BCUT2D eigenvalue weighted by atomic mass is 35.5.